The minimum atomic E-state index is -0.208. The monoisotopic (exact) mass is 254 g/mol. The summed E-state index contributed by atoms with van der Waals surface area (Å²) in [6, 6.07) is 4.95. The molecular formula is C13H16ClFN2. The zero-order valence-electron chi connectivity index (χ0n) is 9.68. The maximum atomic E-state index is 13.8. The van der Waals surface area contributed by atoms with Crippen LogP contribution in [0.3, 0.4) is 0 Å². The summed E-state index contributed by atoms with van der Waals surface area (Å²) in [6.45, 7) is 4.06. The van der Waals surface area contributed by atoms with Crippen LogP contribution in [0.2, 0.25) is 5.02 Å². The third kappa shape index (κ3) is 2.02. The Bertz CT molecular complexity index is 429. The molecule has 2 nitrogen and oxygen atoms in total. The van der Waals surface area contributed by atoms with Crippen LogP contribution in [0.25, 0.3) is 0 Å². The molecule has 1 aromatic carbocycles. The van der Waals surface area contributed by atoms with E-state index in [0.29, 0.717) is 16.1 Å². The molecule has 2 saturated heterocycles. The SMILES string of the molecule is Fc1cc(Cl)ccc1N1CCC2(CCNC2)C1. The second kappa shape index (κ2) is 4.14. The molecule has 4 heteroatoms. The summed E-state index contributed by atoms with van der Waals surface area (Å²) in [4.78, 5) is 2.15. The molecule has 0 bridgehead atoms. The van der Waals surface area contributed by atoms with Crippen LogP contribution in [0.4, 0.5) is 10.1 Å². The lowest BCUT2D eigenvalue weighted by Gasteiger charge is -2.24. The molecule has 1 aromatic rings. The molecule has 92 valence electrons. The molecule has 2 fully saturated rings. The molecule has 3 rings (SSSR count). The van der Waals surface area contributed by atoms with Gasteiger partial charge in [0.1, 0.15) is 5.82 Å². The summed E-state index contributed by atoms with van der Waals surface area (Å²) in [7, 11) is 0. The van der Waals surface area contributed by atoms with Gasteiger partial charge in [-0.05, 0) is 37.6 Å². The maximum absolute atomic E-state index is 13.8. The molecule has 0 radical (unpaired) electrons. The molecule has 1 N–H and O–H groups in total. The highest BCUT2D eigenvalue weighted by Gasteiger charge is 2.40. The van der Waals surface area contributed by atoms with E-state index in [9.17, 15) is 4.39 Å². The lowest BCUT2D eigenvalue weighted by atomic mass is 9.86. The molecule has 0 aliphatic carbocycles. The highest BCUT2D eigenvalue weighted by atomic mass is 35.5. The van der Waals surface area contributed by atoms with Crippen molar-refractivity contribution in [3.8, 4) is 0 Å². The molecule has 0 saturated carbocycles. The van der Waals surface area contributed by atoms with Crippen molar-refractivity contribution in [1.82, 2.24) is 5.32 Å². The van der Waals surface area contributed by atoms with E-state index in [1.54, 1.807) is 12.1 Å². The van der Waals surface area contributed by atoms with Crippen LogP contribution in [-0.2, 0) is 0 Å². The summed E-state index contributed by atoms with van der Waals surface area (Å²) < 4.78 is 13.8. The largest absolute Gasteiger partial charge is 0.369 e. The number of nitrogens with zero attached hydrogens (tertiary/aromatic N) is 1. The standard InChI is InChI=1S/C13H16ClFN2/c14-10-1-2-12(11(15)7-10)17-6-4-13(9-17)3-5-16-8-13/h1-2,7,16H,3-6,8-9H2. The van der Waals surface area contributed by atoms with Gasteiger partial charge in [-0.15, -0.1) is 0 Å². The van der Waals surface area contributed by atoms with Crippen molar-refractivity contribution >= 4 is 17.3 Å². The van der Waals surface area contributed by atoms with E-state index in [4.69, 9.17) is 11.6 Å². The van der Waals surface area contributed by atoms with E-state index in [1.165, 1.54) is 12.5 Å². The number of halogens is 2. The highest BCUT2D eigenvalue weighted by molar-refractivity contribution is 6.30. The Balaban J connectivity index is 1.82. The van der Waals surface area contributed by atoms with Gasteiger partial charge in [0.15, 0.2) is 0 Å². The first-order valence-corrected chi connectivity index (χ1v) is 6.47. The zero-order chi connectivity index (χ0) is 11.9. The average Bonchev–Trinajstić information content (AvgIpc) is 2.90. The highest BCUT2D eigenvalue weighted by Crippen LogP contribution is 2.39. The van der Waals surface area contributed by atoms with Gasteiger partial charge >= 0.3 is 0 Å². The van der Waals surface area contributed by atoms with Gasteiger partial charge in [0.2, 0.25) is 0 Å². The molecule has 2 aliphatic rings. The second-order valence-corrected chi connectivity index (χ2v) is 5.63. The van der Waals surface area contributed by atoms with E-state index in [0.717, 1.165) is 32.6 Å². The zero-order valence-corrected chi connectivity index (χ0v) is 10.4. The summed E-state index contributed by atoms with van der Waals surface area (Å²) in [5, 5.41) is 3.87. The van der Waals surface area contributed by atoms with Crippen molar-refractivity contribution in [3.63, 3.8) is 0 Å². The molecule has 0 amide bonds. The quantitative estimate of drug-likeness (QED) is 0.829. The molecule has 17 heavy (non-hydrogen) atoms. The number of hydrogen-bond acceptors (Lipinski definition) is 2. The fourth-order valence-electron chi connectivity index (χ4n) is 3.02. The number of rotatable bonds is 1. The average molecular weight is 255 g/mol. The van der Waals surface area contributed by atoms with E-state index in [1.807, 2.05) is 0 Å². The van der Waals surface area contributed by atoms with Crippen LogP contribution in [0.5, 0.6) is 0 Å². The predicted molar refractivity (Wildman–Crippen MR) is 68.2 cm³/mol. The van der Waals surface area contributed by atoms with Gasteiger partial charge < -0.3 is 10.2 Å². The first-order chi connectivity index (χ1) is 8.19. The first-order valence-electron chi connectivity index (χ1n) is 6.09. The van der Waals surface area contributed by atoms with Crippen molar-refractivity contribution in [2.24, 2.45) is 5.41 Å². The van der Waals surface area contributed by atoms with Gasteiger partial charge in [-0.3, -0.25) is 0 Å². The Morgan fingerprint density at radius 1 is 1.35 bits per heavy atom. The van der Waals surface area contributed by atoms with Crippen LogP contribution >= 0.6 is 11.6 Å². The van der Waals surface area contributed by atoms with E-state index in [2.05, 4.69) is 10.2 Å². The lowest BCUT2D eigenvalue weighted by molar-refractivity contribution is 0.369. The van der Waals surface area contributed by atoms with E-state index in [-0.39, 0.29) is 5.82 Å². The Morgan fingerprint density at radius 2 is 2.24 bits per heavy atom. The summed E-state index contributed by atoms with van der Waals surface area (Å²) in [5.74, 6) is -0.208. The molecular weight excluding hydrogens is 239 g/mol. The summed E-state index contributed by atoms with van der Waals surface area (Å²) >= 11 is 5.78. The van der Waals surface area contributed by atoms with Crippen molar-refractivity contribution < 1.29 is 4.39 Å². The van der Waals surface area contributed by atoms with Gasteiger partial charge in [-0.1, -0.05) is 11.6 Å². The number of benzene rings is 1. The molecule has 1 unspecified atom stereocenters. The van der Waals surface area contributed by atoms with Crippen LogP contribution in [0.15, 0.2) is 18.2 Å². The normalized spacial score (nSPS) is 28.2. The topological polar surface area (TPSA) is 15.3 Å². The molecule has 0 aromatic heterocycles. The maximum Gasteiger partial charge on any atom is 0.147 e. The molecule has 2 aliphatic heterocycles. The van der Waals surface area contributed by atoms with Crippen molar-refractivity contribution in [2.75, 3.05) is 31.1 Å². The van der Waals surface area contributed by atoms with Crippen LogP contribution in [0.1, 0.15) is 12.8 Å². The number of nitrogens with one attached hydrogen (secondary N) is 1. The summed E-state index contributed by atoms with van der Waals surface area (Å²) in [5.41, 5.74) is 1.06. The third-order valence-electron chi connectivity index (χ3n) is 4.02. The van der Waals surface area contributed by atoms with Gasteiger partial charge in [0.05, 0.1) is 5.69 Å². The Labute approximate surface area is 106 Å². The predicted octanol–water partition coefficient (Wildman–Crippen LogP) is 2.67. The fraction of sp³-hybridized carbons (Fsp3) is 0.538. The lowest BCUT2D eigenvalue weighted by Crippen LogP contribution is -2.29. The van der Waals surface area contributed by atoms with E-state index < -0.39 is 0 Å². The number of anilines is 1. The van der Waals surface area contributed by atoms with Crippen molar-refractivity contribution in [3.05, 3.63) is 29.0 Å². The fourth-order valence-corrected chi connectivity index (χ4v) is 3.18. The molecule has 1 spiro atoms. The number of hydrogen-bond donors (Lipinski definition) is 1. The Hall–Kier alpha value is -0.800. The Kier molecular flexibility index (Phi) is 2.75. The minimum Gasteiger partial charge on any atom is -0.369 e. The summed E-state index contributed by atoms with van der Waals surface area (Å²) in [6.07, 6.45) is 2.36. The van der Waals surface area contributed by atoms with Crippen LogP contribution in [0, 0.1) is 11.2 Å². The van der Waals surface area contributed by atoms with Gasteiger partial charge in [0, 0.05) is 30.1 Å². The smallest absolute Gasteiger partial charge is 0.147 e. The van der Waals surface area contributed by atoms with Crippen LogP contribution < -0.4 is 10.2 Å². The van der Waals surface area contributed by atoms with Gasteiger partial charge in [-0.25, -0.2) is 4.39 Å². The molecule has 2 heterocycles. The van der Waals surface area contributed by atoms with Crippen molar-refractivity contribution in [1.29, 1.82) is 0 Å². The molecule has 1 atom stereocenters. The van der Waals surface area contributed by atoms with Crippen molar-refractivity contribution in [2.45, 2.75) is 12.8 Å². The second-order valence-electron chi connectivity index (χ2n) is 5.19. The first kappa shape index (κ1) is 11.3. The van der Waals surface area contributed by atoms with Gasteiger partial charge in [0.25, 0.3) is 0 Å². The van der Waals surface area contributed by atoms with Gasteiger partial charge in [-0.2, -0.15) is 0 Å². The minimum absolute atomic E-state index is 0.208. The Morgan fingerprint density at radius 3 is 2.94 bits per heavy atom. The van der Waals surface area contributed by atoms with E-state index >= 15 is 0 Å². The third-order valence-corrected chi connectivity index (χ3v) is 4.26. The van der Waals surface area contributed by atoms with Crippen LogP contribution in [-0.4, -0.2) is 26.2 Å².